The van der Waals surface area contributed by atoms with Crippen LogP contribution >= 0.6 is 0 Å². The molecule has 0 bridgehead atoms. The van der Waals surface area contributed by atoms with E-state index in [2.05, 4.69) is 0 Å². The first-order chi connectivity index (χ1) is 7.54. The van der Waals surface area contributed by atoms with Crippen molar-refractivity contribution in [2.24, 2.45) is 0 Å². The molecule has 4 nitrogen and oxygen atoms in total. The van der Waals surface area contributed by atoms with Crippen LogP contribution in [0.15, 0.2) is 0 Å². The molecule has 0 fully saturated rings. The Kier molecular flexibility index (Phi) is 2.50. The van der Waals surface area contributed by atoms with Gasteiger partial charge in [0, 0.05) is 5.56 Å². The van der Waals surface area contributed by atoms with Crippen molar-refractivity contribution in [3.8, 4) is 11.5 Å². The molecule has 1 aromatic rings. The van der Waals surface area contributed by atoms with Gasteiger partial charge in [0.05, 0.1) is 5.56 Å². The van der Waals surface area contributed by atoms with Gasteiger partial charge in [-0.3, -0.25) is 0 Å². The SMILES string of the molecule is Cc1c(C)c(C(=O)O)c(C)c2c1OCCO2. The van der Waals surface area contributed by atoms with Gasteiger partial charge in [0.15, 0.2) is 11.5 Å². The lowest BCUT2D eigenvalue weighted by atomic mass is 9.96. The summed E-state index contributed by atoms with van der Waals surface area (Å²) in [6.45, 7) is 6.39. The molecule has 0 amide bonds. The van der Waals surface area contributed by atoms with E-state index in [4.69, 9.17) is 9.47 Å². The van der Waals surface area contributed by atoms with E-state index in [1.165, 1.54) is 0 Å². The Morgan fingerprint density at radius 2 is 1.50 bits per heavy atom. The number of carboxylic acid groups (broad SMARTS) is 1. The summed E-state index contributed by atoms with van der Waals surface area (Å²) in [6.07, 6.45) is 0. The van der Waals surface area contributed by atoms with Crippen LogP contribution in [0.4, 0.5) is 0 Å². The number of carbonyl (C=O) groups is 1. The molecular weight excluding hydrogens is 208 g/mol. The predicted molar refractivity (Wildman–Crippen MR) is 58.6 cm³/mol. The first kappa shape index (κ1) is 10.8. The minimum Gasteiger partial charge on any atom is -0.486 e. The molecule has 0 radical (unpaired) electrons. The molecule has 1 heterocycles. The number of aromatic carboxylic acids is 1. The highest BCUT2D eigenvalue weighted by Crippen LogP contribution is 2.40. The topological polar surface area (TPSA) is 55.8 Å². The molecule has 16 heavy (non-hydrogen) atoms. The average molecular weight is 222 g/mol. The molecule has 86 valence electrons. The number of ether oxygens (including phenoxy) is 2. The van der Waals surface area contributed by atoms with E-state index in [1.54, 1.807) is 13.8 Å². The van der Waals surface area contributed by atoms with Gasteiger partial charge < -0.3 is 14.6 Å². The maximum atomic E-state index is 11.2. The normalized spacial score (nSPS) is 13.7. The molecule has 1 aromatic carbocycles. The summed E-state index contributed by atoms with van der Waals surface area (Å²) in [7, 11) is 0. The number of benzene rings is 1. The van der Waals surface area contributed by atoms with Crippen molar-refractivity contribution in [1.82, 2.24) is 0 Å². The van der Waals surface area contributed by atoms with Crippen molar-refractivity contribution >= 4 is 5.97 Å². The zero-order chi connectivity index (χ0) is 11.9. The van der Waals surface area contributed by atoms with Crippen molar-refractivity contribution in [3.05, 3.63) is 22.3 Å². The Bertz CT molecular complexity index is 463. The van der Waals surface area contributed by atoms with Gasteiger partial charge in [0.25, 0.3) is 0 Å². The van der Waals surface area contributed by atoms with E-state index in [0.29, 0.717) is 35.8 Å². The maximum absolute atomic E-state index is 11.2. The van der Waals surface area contributed by atoms with Gasteiger partial charge in [0.2, 0.25) is 0 Å². The van der Waals surface area contributed by atoms with Gasteiger partial charge in [-0.15, -0.1) is 0 Å². The molecule has 2 rings (SSSR count). The first-order valence-corrected chi connectivity index (χ1v) is 5.16. The summed E-state index contributed by atoms with van der Waals surface area (Å²) in [4.78, 5) is 11.2. The van der Waals surface area contributed by atoms with E-state index >= 15 is 0 Å². The Hall–Kier alpha value is -1.71. The molecule has 0 spiro atoms. The van der Waals surface area contributed by atoms with Gasteiger partial charge in [0.1, 0.15) is 13.2 Å². The van der Waals surface area contributed by atoms with Crippen LogP contribution < -0.4 is 9.47 Å². The lowest BCUT2D eigenvalue weighted by Crippen LogP contribution is -2.19. The van der Waals surface area contributed by atoms with Crippen LogP contribution in [0.1, 0.15) is 27.0 Å². The zero-order valence-electron chi connectivity index (χ0n) is 9.59. The minimum atomic E-state index is -0.921. The number of fused-ring (bicyclic) bond motifs is 1. The quantitative estimate of drug-likeness (QED) is 0.790. The van der Waals surface area contributed by atoms with Crippen molar-refractivity contribution in [2.45, 2.75) is 20.8 Å². The smallest absolute Gasteiger partial charge is 0.336 e. The third-order valence-corrected chi connectivity index (χ3v) is 2.99. The van der Waals surface area contributed by atoms with Crippen LogP contribution in [0.3, 0.4) is 0 Å². The van der Waals surface area contributed by atoms with E-state index in [0.717, 1.165) is 11.1 Å². The summed E-state index contributed by atoms with van der Waals surface area (Å²) in [5, 5.41) is 9.18. The largest absolute Gasteiger partial charge is 0.486 e. The Balaban J connectivity index is 2.75. The van der Waals surface area contributed by atoms with Crippen molar-refractivity contribution in [1.29, 1.82) is 0 Å². The van der Waals surface area contributed by atoms with E-state index in [9.17, 15) is 9.90 Å². The molecule has 0 unspecified atom stereocenters. The van der Waals surface area contributed by atoms with Gasteiger partial charge in [-0.25, -0.2) is 4.79 Å². The molecule has 0 saturated carbocycles. The Morgan fingerprint density at radius 3 is 2.00 bits per heavy atom. The second-order valence-electron chi connectivity index (χ2n) is 3.91. The molecular formula is C12H14O4. The number of rotatable bonds is 1. The van der Waals surface area contributed by atoms with Crippen LogP contribution in [0, 0.1) is 20.8 Å². The summed E-state index contributed by atoms with van der Waals surface area (Å²) >= 11 is 0. The summed E-state index contributed by atoms with van der Waals surface area (Å²) in [6, 6.07) is 0. The first-order valence-electron chi connectivity index (χ1n) is 5.16. The highest BCUT2D eigenvalue weighted by molar-refractivity contribution is 5.93. The molecule has 1 aliphatic heterocycles. The zero-order valence-corrected chi connectivity index (χ0v) is 9.59. The van der Waals surface area contributed by atoms with Crippen LogP contribution in [0.25, 0.3) is 0 Å². The van der Waals surface area contributed by atoms with Gasteiger partial charge in [-0.05, 0) is 31.9 Å². The predicted octanol–water partition coefficient (Wildman–Crippen LogP) is 2.08. The molecule has 4 heteroatoms. The van der Waals surface area contributed by atoms with Crippen LogP contribution in [-0.4, -0.2) is 24.3 Å². The molecule has 0 atom stereocenters. The number of hydrogen-bond donors (Lipinski definition) is 1. The van der Waals surface area contributed by atoms with E-state index < -0.39 is 5.97 Å². The van der Waals surface area contributed by atoms with Crippen molar-refractivity contribution in [3.63, 3.8) is 0 Å². The fraction of sp³-hybridized carbons (Fsp3) is 0.417. The Labute approximate surface area is 93.8 Å². The summed E-state index contributed by atoms with van der Waals surface area (Å²) in [5.41, 5.74) is 2.55. The lowest BCUT2D eigenvalue weighted by Gasteiger charge is -2.24. The summed E-state index contributed by atoms with van der Waals surface area (Å²) < 4.78 is 11.0. The average Bonchev–Trinajstić information content (AvgIpc) is 2.26. The van der Waals surface area contributed by atoms with E-state index in [1.807, 2.05) is 6.92 Å². The fourth-order valence-corrected chi connectivity index (χ4v) is 2.05. The van der Waals surface area contributed by atoms with Crippen LogP contribution in [0.5, 0.6) is 11.5 Å². The fourth-order valence-electron chi connectivity index (χ4n) is 2.05. The van der Waals surface area contributed by atoms with Crippen LogP contribution in [-0.2, 0) is 0 Å². The van der Waals surface area contributed by atoms with Gasteiger partial charge in [-0.1, -0.05) is 0 Å². The van der Waals surface area contributed by atoms with Crippen LogP contribution in [0.2, 0.25) is 0 Å². The maximum Gasteiger partial charge on any atom is 0.336 e. The monoisotopic (exact) mass is 222 g/mol. The Morgan fingerprint density at radius 1 is 1.00 bits per heavy atom. The third-order valence-electron chi connectivity index (χ3n) is 2.99. The number of hydrogen-bond acceptors (Lipinski definition) is 3. The van der Waals surface area contributed by atoms with Crippen molar-refractivity contribution < 1.29 is 19.4 Å². The standard InChI is InChI=1S/C12H14O4/c1-6-7(2)10-11(16-5-4-15-10)8(3)9(6)12(13)14/h4-5H2,1-3H3,(H,13,14). The van der Waals surface area contributed by atoms with E-state index in [-0.39, 0.29) is 0 Å². The number of carboxylic acids is 1. The molecule has 1 N–H and O–H groups in total. The third kappa shape index (κ3) is 1.41. The highest BCUT2D eigenvalue weighted by atomic mass is 16.6. The summed E-state index contributed by atoms with van der Waals surface area (Å²) in [5.74, 6) is 0.341. The molecule has 0 saturated heterocycles. The van der Waals surface area contributed by atoms with Gasteiger partial charge in [-0.2, -0.15) is 0 Å². The lowest BCUT2D eigenvalue weighted by molar-refractivity contribution is 0.0693. The molecule has 1 aliphatic rings. The molecule has 0 aromatic heterocycles. The molecule has 0 aliphatic carbocycles. The van der Waals surface area contributed by atoms with Gasteiger partial charge >= 0.3 is 5.97 Å². The highest BCUT2D eigenvalue weighted by Gasteiger charge is 2.25. The van der Waals surface area contributed by atoms with Crippen molar-refractivity contribution in [2.75, 3.05) is 13.2 Å². The second kappa shape index (κ2) is 3.70. The minimum absolute atomic E-state index is 0.321. The second-order valence-corrected chi connectivity index (χ2v) is 3.91.